The number of aromatic nitrogens is 1. The molecule has 176 valence electrons. The Balaban J connectivity index is 1.34. The molecule has 1 saturated heterocycles. The number of hydrogen-bond acceptors (Lipinski definition) is 5. The molecule has 1 aromatic heterocycles. The van der Waals surface area contributed by atoms with Crippen molar-refractivity contribution in [1.82, 2.24) is 15.2 Å². The van der Waals surface area contributed by atoms with E-state index in [1.807, 2.05) is 67.8 Å². The van der Waals surface area contributed by atoms with Gasteiger partial charge in [-0.2, -0.15) is 0 Å². The van der Waals surface area contributed by atoms with Crippen molar-refractivity contribution in [3.8, 4) is 11.3 Å². The van der Waals surface area contributed by atoms with Gasteiger partial charge in [0.25, 0.3) is 0 Å². The molecule has 0 saturated carbocycles. The van der Waals surface area contributed by atoms with E-state index in [4.69, 9.17) is 0 Å². The summed E-state index contributed by atoms with van der Waals surface area (Å²) in [6.45, 7) is 6.38. The highest BCUT2D eigenvalue weighted by Crippen LogP contribution is 2.28. The lowest BCUT2D eigenvalue weighted by Crippen LogP contribution is -2.28. The molecule has 0 unspecified atom stereocenters. The van der Waals surface area contributed by atoms with Crippen LogP contribution in [0.5, 0.6) is 0 Å². The predicted octanol–water partition coefficient (Wildman–Crippen LogP) is 4.30. The largest absolute Gasteiger partial charge is 0.350 e. The third-order valence-electron chi connectivity index (χ3n) is 5.94. The van der Waals surface area contributed by atoms with Gasteiger partial charge in [0.05, 0.1) is 17.7 Å². The number of nitrogens with one attached hydrogen (secondary N) is 2. The number of carbonyl (C=O) groups is 3. The molecular formula is C26H28N4O3S. The number of benzene rings is 2. The molecule has 2 atom stereocenters. The van der Waals surface area contributed by atoms with Crippen molar-refractivity contribution in [3.05, 3.63) is 70.6 Å². The second-order valence-electron chi connectivity index (χ2n) is 8.73. The standard InChI is InChI=1S/C26H28N4O3S/c1-16-4-6-19(7-5-16)13-30-14-22(12-24(30)32)25(33)29-26-28-23(15-34-26)21-10-8-20(9-11-21)17(2)27-18(3)31/h4-11,15,17,22H,12-14H2,1-3H3,(H,27,31)(H,28,29,33)/t17-,22-/m1/s1. The lowest BCUT2D eigenvalue weighted by molar-refractivity contribution is -0.128. The Kier molecular flexibility index (Phi) is 7.07. The van der Waals surface area contributed by atoms with Crippen molar-refractivity contribution < 1.29 is 14.4 Å². The zero-order valence-corrected chi connectivity index (χ0v) is 20.3. The van der Waals surface area contributed by atoms with Crippen molar-refractivity contribution >= 4 is 34.2 Å². The van der Waals surface area contributed by atoms with Crippen LogP contribution in [-0.2, 0) is 20.9 Å². The van der Waals surface area contributed by atoms with Crippen LogP contribution in [0.3, 0.4) is 0 Å². The summed E-state index contributed by atoms with van der Waals surface area (Å²) in [6, 6.07) is 15.8. The third kappa shape index (κ3) is 5.69. The Labute approximate surface area is 203 Å². The van der Waals surface area contributed by atoms with Gasteiger partial charge < -0.3 is 15.5 Å². The predicted molar refractivity (Wildman–Crippen MR) is 133 cm³/mol. The van der Waals surface area contributed by atoms with Crippen LogP contribution in [-0.4, -0.2) is 34.2 Å². The van der Waals surface area contributed by atoms with Gasteiger partial charge in [0.2, 0.25) is 17.7 Å². The highest BCUT2D eigenvalue weighted by molar-refractivity contribution is 7.14. The third-order valence-corrected chi connectivity index (χ3v) is 6.70. The number of hydrogen-bond donors (Lipinski definition) is 2. The molecule has 0 radical (unpaired) electrons. The second-order valence-corrected chi connectivity index (χ2v) is 9.59. The number of likely N-dealkylation sites (tertiary alicyclic amines) is 1. The maximum absolute atomic E-state index is 12.8. The van der Waals surface area contributed by atoms with Gasteiger partial charge in [0.15, 0.2) is 5.13 Å². The molecule has 3 amide bonds. The maximum Gasteiger partial charge on any atom is 0.231 e. The van der Waals surface area contributed by atoms with Gasteiger partial charge in [0.1, 0.15) is 0 Å². The molecule has 7 nitrogen and oxygen atoms in total. The normalized spacial score (nSPS) is 16.4. The van der Waals surface area contributed by atoms with Gasteiger partial charge in [-0.05, 0) is 25.0 Å². The summed E-state index contributed by atoms with van der Waals surface area (Å²) in [5, 5.41) is 8.15. The summed E-state index contributed by atoms with van der Waals surface area (Å²) in [5.41, 5.74) is 4.93. The van der Waals surface area contributed by atoms with E-state index in [1.54, 1.807) is 4.90 Å². The van der Waals surface area contributed by atoms with E-state index >= 15 is 0 Å². The minimum atomic E-state index is -0.389. The fraction of sp³-hybridized carbons (Fsp3) is 0.308. The summed E-state index contributed by atoms with van der Waals surface area (Å²) >= 11 is 1.36. The highest BCUT2D eigenvalue weighted by Gasteiger charge is 2.34. The Hall–Kier alpha value is -3.52. The molecule has 4 rings (SSSR count). The van der Waals surface area contributed by atoms with E-state index < -0.39 is 0 Å². The molecule has 0 aliphatic carbocycles. The van der Waals surface area contributed by atoms with Crippen molar-refractivity contribution in [2.24, 2.45) is 5.92 Å². The topological polar surface area (TPSA) is 91.4 Å². The van der Waals surface area contributed by atoms with Gasteiger partial charge in [-0.1, -0.05) is 54.1 Å². The lowest BCUT2D eigenvalue weighted by Gasteiger charge is -2.16. The summed E-state index contributed by atoms with van der Waals surface area (Å²) in [5.74, 6) is -0.646. The first-order chi connectivity index (χ1) is 16.3. The molecule has 2 heterocycles. The Morgan fingerprint density at radius 1 is 1.15 bits per heavy atom. The SMILES string of the molecule is CC(=O)N[C@H](C)c1ccc(-c2csc(NC(=O)[C@@H]3CC(=O)N(Cc4ccc(C)cc4)C3)n2)cc1. The number of aryl methyl sites for hydroxylation is 1. The highest BCUT2D eigenvalue weighted by atomic mass is 32.1. The van der Waals surface area contributed by atoms with Crippen molar-refractivity contribution in [3.63, 3.8) is 0 Å². The average Bonchev–Trinajstić information content (AvgIpc) is 3.42. The van der Waals surface area contributed by atoms with Crippen molar-refractivity contribution in [2.45, 2.75) is 39.8 Å². The zero-order valence-electron chi connectivity index (χ0n) is 19.5. The van der Waals surface area contributed by atoms with E-state index in [0.29, 0.717) is 18.2 Å². The van der Waals surface area contributed by atoms with Crippen LogP contribution in [0.1, 0.15) is 43.0 Å². The lowest BCUT2D eigenvalue weighted by atomic mass is 10.1. The van der Waals surface area contributed by atoms with Gasteiger partial charge in [-0.25, -0.2) is 4.98 Å². The van der Waals surface area contributed by atoms with E-state index in [-0.39, 0.29) is 36.1 Å². The molecule has 1 aliphatic rings. The van der Waals surface area contributed by atoms with Crippen LogP contribution in [0.15, 0.2) is 53.9 Å². The average molecular weight is 477 g/mol. The fourth-order valence-electron chi connectivity index (χ4n) is 4.02. The summed E-state index contributed by atoms with van der Waals surface area (Å²) in [6.07, 6.45) is 0.212. The van der Waals surface area contributed by atoms with Crippen LogP contribution in [0.4, 0.5) is 5.13 Å². The Morgan fingerprint density at radius 3 is 2.53 bits per heavy atom. The van der Waals surface area contributed by atoms with Crippen LogP contribution in [0, 0.1) is 12.8 Å². The van der Waals surface area contributed by atoms with Gasteiger partial charge in [-0.15, -0.1) is 11.3 Å². The first-order valence-electron chi connectivity index (χ1n) is 11.3. The number of amides is 3. The number of thiazole rings is 1. The fourth-order valence-corrected chi connectivity index (χ4v) is 4.74. The Bertz CT molecular complexity index is 1190. The van der Waals surface area contributed by atoms with E-state index in [9.17, 15) is 14.4 Å². The van der Waals surface area contributed by atoms with Gasteiger partial charge >= 0.3 is 0 Å². The quantitative estimate of drug-likeness (QED) is 0.532. The molecule has 2 aromatic carbocycles. The van der Waals surface area contributed by atoms with E-state index in [1.165, 1.54) is 23.8 Å². The first kappa shape index (κ1) is 23.6. The zero-order chi connectivity index (χ0) is 24.2. The van der Waals surface area contributed by atoms with E-state index in [2.05, 4.69) is 15.6 Å². The maximum atomic E-state index is 12.8. The number of rotatable bonds is 7. The summed E-state index contributed by atoms with van der Waals surface area (Å²) in [7, 11) is 0. The van der Waals surface area contributed by atoms with Crippen LogP contribution in [0.2, 0.25) is 0 Å². The molecule has 34 heavy (non-hydrogen) atoms. The molecule has 0 spiro atoms. The smallest absolute Gasteiger partial charge is 0.231 e. The number of anilines is 1. The molecule has 8 heteroatoms. The molecule has 1 aliphatic heterocycles. The summed E-state index contributed by atoms with van der Waals surface area (Å²) in [4.78, 5) is 42.8. The van der Waals surface area contributed by atoms with Crippen LogP contribution >= 0.6 is 11.3 Å². The van der Waals surface area contributed by atoms with E-state index in [0.717, 1.165) is 22.4 Å². The molecule has 2 N–H and O–H groups in total. The van der Waals surface area contributed by atoms with Crippen molar-refractivity contribution in [2.75, 3.05) is 11.9 Å². The number of carbonyl (C=O) groups excluding carboxylic acids is 3. The monoisotopic (exact) mass is 476 g/mol. The summed E-state index contributed by atoms with van der Waals surface area (Å²) < 4.78 is 0. The first-order valence-corrected chi connectivity index (χ1v) is 12.1. The second kappa shape index (κ2) is 10.2. The minimum absolute atomic E-state index is 0.00543. The molecule has 1 fully saturated rings. The molecular weight excluding hydrogens is 448 g/mol. The minimum Gasteiger partial charge on any atom is -0.350 e. The molecule has 3 aromatic rings. The van der Waals surface area contributed by atoms with Gasteiger partial charge in [-0.3, -0.25) is 14.4 Å². The Morgan fingerprint density at radius 2 is 1.85 bits per heavy atom. The molecule has 0 bridgehead atoms. The van der Waals surface area contributed by atoms with Crippen LogP contribution in [0.25, 0.3) is 11.3 Å². The van der Waals surface area contributed by atoms with Gasteiger partial charge in [0, 0.05) is 37.4 Å². The van der Waals surface area contributed by atoms with Crippen molar-refractivity contribution in [1.29, 1.82) is 0 Å². The number of nitrogens with zero attached hydrogens (tertiary/aromatic N) is 2. The van der Waals surface area contributed by atoms with Crippen LogP contribution < -0.4 is 10.6 Å².